The van der Waals surface area contributed by atoms with Gasteiger partial charge >= 0.3 is 0 Å². The smallest absolute Gasteiger partial charge is 0.242 e. The predicted octanol–water partition coefficient (Wildman–Crippen LogP) is 1.49. The molecule has 2 atom stereocenters. The number of carbonyl (C=O) groups is 1. The number of benzene rings is 1. The van der Waals surface area contributed by atoms with Crippen molar-refractivity contribution >= 4 is 5.91 Å². The quantitative estimate of drug-likeness (QED) is 0.480. The maximum atomic E-state index is 12.0. The van der Waals surface area contributed by atoms with Crippen LogP contribution in [0.3, 0.4) is 0 Å². The predicted molar refractivity (Wildman–Crippen MR) is 76.4 cm³/mol. The van der Waals surface area contributed by atoms with Crippen LogP contribution >= 0.6 is 0 Å². The summed E-state index contributed by atoms with van der Waals surface area (Å²) < 4.78 is 0. The average Bonchev–Trinajstić information content (AvgIpc) is 2.92. The number of likely N-dealkylation sites (tertiary alicyclic amines) is 1. The third-order valence-corrected chi connectivity index (χ3v) is 4.05. The van der Waals surface area contributed by atoms with E-state index in [0.29, 0.717) is 0 Å². The summed E-state index contributed by atoms with van der Waals surface area (Å²) in [7, 11) is 0. The van der Waals surface area contributed by atoms with E-state index in [1.807, 2.05) is 30.3 Å². The van der Waals surface area contributed by atoms with Crippen LogP contribution in [0, 0.1) is 5.92 Å². The molecule has 1 saturated heterocycles. The molecule has 1 amide bonds. The van der Waals surface area contributed by atoms with Crippen LogP contribution in [0.5, 0.6) is 0 Å². The molecule has 4 nitrogen and oxygen atoms in total. The van der Waals surface area contributed by atoms with Crippen LogP contribution in [0.25, 0.3) is 0 Å². The van der Waals surface area contributed by atoms with Crippen molar-refractivity contribution in [1.82, 2.24) is 10.3 Å². The first-order chi connectivity index (χ1) is 9.24. The molecule has 2 rings (SSSR count). The van der Waals surface area contributed by atoms with Crippen molar-refractivity contribution < 1.29 is 4.79 Å². The van der Waals surface area contributed by atoms with E-state index in [1.54, 1.807) is 0 Å². The van der Waals surface area contributed by atoms with E-state index in [1.165, 1.54) is 12.8 Å². The zero-order valence-corrected chi connectivity index (χ0v) is 11.5. The molecule has 1 fully saturated rings. The number of nitrogens with two attached hydrogens (primary N) is 1. The highest BCUT2D eigenvalue weighted by Crippen LogP contribution is 2.23. The summed E-state index contributed by atoms with van der Waals surface area (Å²) in [6, 6.07) is 9.88. The molecule has 0 bridgehead atoms. The van der Waals surface area contributed by atoms with E-state index in [9.17, 15) is 4.79 Å². The largest absolute Gasteiger partial charge is 0.302 e. The topological polar surface area (TPSA) is 58.4 Å². The second-order valence-electron chi connectivity index (χ2n) is 5.29. The molecule has 0 spiro atoms. The van der Waals surface area contributed by atoms with Gasteiger partial charge in [0.25, 0.3) is 0 Å². The first-order valence-corrected chi connectivity index (χ1v) is 7.02. The summed E-state index contributed by atoms with van der Waals surface area (Å²) in [5, 5.41) is 0. The molecule has 3 N–H and O–H groups in total. The lowest BCUT2D eigenvalue weighted by atomic mass is 9.98. The average molecular weight is 261 g/mol. The Bertz CT molecular complexity index is 407. The highest BCUT2D eigenvalue weighted by molar-refractivity contribution is 5.83. The maximum absolute atomic E-state index is 12.0. The van der Waals surface area contributed by atoms with E-state index in [-0.39, 0.29) is 11.8 Å². The van der Waals surface area contributed by atoms with Gasteiger partial charge in [0.1, 0.15) is 0 Å². The lowest BCUT2D eigenvalue weighted by Crippen LogP contribution is -2.40. The third-order valence-electron chi connectivity index (χ3n) is 4.05. The van der Waals surface area contributed by atoms with E-state index >= 15 is 0 Å². The van der Waals surface area contributed by atoms with Gasteiger partial charge in [-0.1, -0.05) is 43.7 Å². The Morgan fingerprint density at radius 3 is 2.79 bits per heavy atom. The molecular formula is C15H23N3O. The van der Waals surface area contributed by atoms with Crippen LogP contribution < -0.4 is 11.3 Å². The molecule has 1 aromatic rings. The molecule has 0 aromatic heterocycles. The van der Waals surface area contributed by atoms with E-state index in [4.69, 9.17) is 5.84 Å². The molecule has 1 aliphatic heterocycles. The summed E-state index contributed by atoms with van der Waals surface area (Å²) in [5.74, 6) is 5.81. The van der Waals surface area contributed by atoms with Crippen LogP contribution in [0.2, 0.25) is 0 Å². The van der Waals surface area contributed by atoms with Crippen LogP contribution in [0.15, 0.2) is 30.3 Å². The van der Waals surface area contributed by atoms with Gasteiger partial charge in [0, 0.05) is 13.1 Å². The van der Waals surface area contributed by atoms with E-state index in [2.05, 4.69) is 17.2 Å². The summed E-state index contributed by atoms with van der Waals surface area (Å²) in [4.78, 5) is 14.4. The van der Waals surface area contributed by atoms with Gasteiger partial charge in [-0.15, -0.1) is 0 Å². The number of hydrogen-bond donors (Lipinski definition) is 2. The fourth-order valence-electron chi connectivity index (χ4n) is 2.80. The van der Waals surface area contributed by atoms with E-state index in [0.717, 1.165) is 31.1 Å². The first-order valence-electron chi connectivity index (χ1n) is 7.02. The zero-order chi connectivity index (χ0) is 13.7. The number of hydrazine groups is 1. The van der Waals surface area contributed by atoms with Crippen molar-refractivity contribution in [3.8, 4) is 0 Å². The normalized spacial score (nSPS) is 21.3. The Morgan fingerprint density at radius 2 is 2.21 bits per heavy atom. The maximum Gasteiger partial charge on any atom is 0.242 e. The van der Waals surface area contributed by atoms with Crippen molar-refractivity contribution in [2.75, 3.05) is 19.6 Å². The highest BCUT2D eigenvalue weighted by atomic mass is 16.2. The lowest BCUT2D eigenvalue weighted by Gasteiger charge is -2.23. The van der Waals surface area contributed by atoms with Crippen molar-refractivity contribution in [3.63, 3.8) is 0 Å². The Morgan fingerprint density at radius 1 is 1.47 bits per heavy atom. The van der Waals surface area contributed by atoms with Gasteiger partial charge in [-0.25, -0.2) is 5.84 Å². The molecule has 0 saturated carbocycles. The molecule has 0 radical (unpaired) electrons. The molecule has 2 unspecified atom stereocenters. The van der Waals surface area contributed by atoms with Gasteiger partial charge in [0.15, 0.2) is 0 Å². The Labute approximate surface area is 114 Å². The second-order valence-corrected chi connectivity index (χ2v) is 5.29. The summed E-state index contributed by atoms with van der Waals surface area (Å²) >= 11 is 0. The fraction of sp³-hybridized carbons (Fsp3) is 0.533. The molecule has 0 aliphatic carbocycles. The summed E-state index contributed by atoms with van der Waals surface area (Å²) in [6.07, 6.45) is 2.46. The van der Waals surface area contributed by atoms with Crippen LogP contribution in [0.1, 0.15) is 31.2 Å². The SMILES string of the molecule is CCC1CCN(CC(C(=O)NN)c2ccccc2)C1. The summed E-state index contributed by atoms with van der Waals surface area (Å²) in [6.45, 7) is 5.16. The van der Waals surface area contributed by atoms with Gasteiger partial charge in [-0.05, 0) is 24.4 Å². The minimum Gasteiger partial charge on any atom is -0.302 e. The molecule has 1 aliphatic rings. The van der Waals surface area contributed by atoms with Crippen molar-refractivity contribution in [2.45, 2.75) is 25.7 Å². The van der Waals surface area contributed by atoms with Crippen LogP contribution in [0.4, 0.5) is 0 Å². The summed E-state index contributed by atoms with van der Waals surface area (Å²) in [5.41, 5.74) is 3.33. The fourth-order valence-corrected chi connectivity index (χ4v) is 2.80. The van der Waals surface area contributed by atoms with Gasteiger partial charge in [0.05, 0.1) is 5.92 Å². The van der Waals surface area contributed by atoms with Crippen molar-refractivity contribution in [3.05, 3.63) is 35.9 Å². The number of amides is 1. The lowest BCUT2D eigenvalue weighted by molar-refractivity contribution is -0.123. The standard InChI is InChI=1S/C15H23N3O/c1-2-12-8-9-18(10-12)11-14(15(19)17-16)13-6-4-3-5-7-13/h3-7,12,14H,2,8-11,16H2,1H3,(H,17,19). The van der Waals surface area contributed by atoms with E-state index < -0.39 is 0 Å². The van der Waals surface area contributed by atoms with Crippen LogP contribution in [-0.4, -0.2) is 30.4 Å². The number of hydrogen-bond acceptors (Lipinski definition) is 3. The molecular weight excluding hydrogens is 238 g/mol. The van der Waals surface area contributed by atoms with Crippen molar-refractivity contribution in [1.29, 1.82) is 0 Å². The van der Waals surface area contributed by atoms with Gasteiger partial charge in [0.2, 0.25) is 5.91 Å². The van der Waals surface area contributed by atoms with Crippen molar-refractivity contribution in [2.24, 2.45) is 11.8 Å². The number of nitrogens with one attached hydrogen (secondary N) is 1. The Hall–Kier alpha value is -1.39. The van der Waals surface area contributed by atoms with Gasteiger partial charge in [-0.2, -0.15) is 0 Å². The molecule has 1 aromatic carbocycles. The molecule has 104 valence electrons. The second kappa shape index (κ2) is 6.68. The number of nitrogens with zero attached hydrogens (tertiary/aromatic N) is 1. The minimum absolute atomic E-state index is 0.105. The van der Waals surface area contributed by atoms with Crippen LogP contribution in [-0.2, 0) is 4.79 Å². The zero-order valence-electron chi connectivity index (χ0n) is 11.5. The van der Waals surface area contributed by atoms with Gasteiger partial charge < -0.3 is 4.90 Å². The number of carbonyl (C=O) groups excluding carboxylic acids is 1. The highest BCUT2D eigenvalue weighted by Gasteiger charge is 2.27. The number of rotatable bonds is 5. The Balaban J connectivity index is 2.05. The van der Waals surface area contributed by atoms with Gasteiger partial charge in [-0.3, -0.25) is 10.2 Å². The first kappa shape index (κ1) is 14.0. The monoisotopic (exact) mass is 261 g/mol. The third kappa shape index (κ3) is 3.55. The molecule has 19 heavy (non-hydrogen) atoms. The Kier molecular flexibility index (Phi) is 4.93. The molecule has 4 heteroatoms. The minimum atomic E-state index is -0.179. The molecule has 1 heterocycles.